The first-order valence-electron chi connectivity index (χ1n) is 5.98. The van der Waals surface area contributed by atoms with Crippen molar-refractivity contribution in [2.24, 2.45) is 0 Å². The smallest absolute Gasteiger partial charge is 0.114 e. The van der Waals surface area contributed by atoms with Crippen LogP contribution in [0, 0.1) is 0 Å². The molecule has 6 N–H and O–H groups in total. The number of nitrogens with zero attached hydrogens (tertiary/aromatic N) is 3. The number of rotatable bonds is 5. The molecule has 108 valence electrons. The number of aliphatic hydroxyl groups excluding tert-OH is 5. The molecule has 0 aliphatic carbocycles. The lowest BCUT2D eigenvalue weighted by atomic mass is 10.1. The summed E-state index contributed by atoms with van der Waals surface area (Å²) in [5.41, 5.74) is 0.632. The first-order chi connectivity index (χ1) is 9.12. The molecule has 9 nitrogen and oxygen atoms in total. The fourth-order valence-corrected chi connectivity index (χ4v) is 2.27. The van der Waals surface area contributed by atoms with Gasteiger partial charge in [-0.2, -0.15) is 0 Å². The number of hydrogen-bond donors (Lipinski definition) is 6. The van der Waals surface area contributed by atoms with Gasteiger partial charge in [-0.3, -0.25) is 0 Å². The Kier molecular flexibility index (Phi) is 4.45. The highest BCUT2D eigenvalue weighted by atomic mass is 16.3. The van der Waals surface area contributed by atoms with Gasteiger partial charge < -0.3 is 30.8 Å². The van der Waals surface area contributed by atoms with Crippen LogP contribution >= 0.6 is 0 Å². The molecule has 1 fully saturated rings. The van der Waals surface area contributed by atoms with E-state index in [4.69, 9.17) is 10.2 Å². The maximum absolute atomic E-state index is 9.85. The Balaban J connectivity index is 2.11. The van der Waals surface area contributed by atoms with Gasteiger partial charge in [0, 0.05) is 0 Å². The Labute approximate surface area is 109 Å². The molecule has 1 saturated heterocycles. The average molecular weight is 274 g/mol. The van der Waals surface area contributed by atoms with E-state index in [-0.39, 0.29) is 32.1 Å². The van der Waals surface area contributed by atoms with Gasteiger partial charge in [0.1, 0.15) is 5.69 Å². The minimum Gasteiger partial charge on any atom is -0.395 e. The third-order valence-corrected chi connectivity index (χ3v) is 3.39. The molecule has 0 aromatic carbocycles. The lowest BCUT2D eigenvalue weighted by Gasteiger charge is -2.16. The number of hydrogen-bond acceptors (Lipinski definition) is 8. The van der Waals surface area contributed by atoms with Gasteiger partial charge in [-0.05, 0) is 0 Å². The highest BCUT2D eigenvalue weighted by Crippen LogP contribution is 2.17. The molecule has 1 aromatic heterocycles. The molecular weight excluding hydrogens is 256 g/mol. The fraction of sp³-hybridized carbons (Fsp3) is 0.800. The van der Waals surface area contributed by atoms with Crippen molar-refractivity contribution in [1.82, 2.24) is 20.3 Å². The SMILES string of the molecule is OCc1nnn(C[C@H]2N[C@H](CO)[C@@H](O)[C@@H]2O)c1CO. The highest BCUT2D eigenvalue weighted by molar-refractivity contribution is 5.09. The summed E-state index contributed by atoms with van der Waals surface area (Å²) in [7, 11) is 0. The number of nitrogens with one attached hydrogen (secondary N) is 1. The van der Waals surface area contributed by atoms with E-state index in [0.717, 1.165) is 0 Å². The van der Waals surface area contributed by atoms with Crippen molar-refractivity contribution in [2.75, 3.05) is 6.61 Å². The summed E-state index contributed by atoms with van der Waals surface area (Å²) >= 11 is 0. The van der Waals surface area contributed by atoms with E-state index in [1.165, 1.54) is 4.68 Å². The largest absolute Gasteiger partial charge is 0.395 e. The van der Waals surface area contributed by atoms with Crippen molar-refractivity contribution in [3.63, 3.8) is 0 Å². The number of aromatic nitrogens is 3. The summed E-state index contributed by atoms with van der Waals surface area (Å²) in [5.74, 6) is 0. The first kappa shape index (κ1) is 14.3. The summed E-state index contributed by atoms with van der Waals surface area (Å²) in [6.45, 7) is -0.797. The van der Waals surface area contributed by atoms with Crippen molar-refractivity contribution in [1.29, 1.82) is 0 Å². The molecule has 4 atom stereocenters. The Morgan fingerprint density at radius 2 is 1.74 bits per heavy atom. The van der Waals surface area contributed by atoms with Crippen LogP contribution in [0.3, 0.4) is 0 Å². The Morgan fingerprint density at radius 3 is 2.26 bits per heavy atom. The van der Waals surface area contributed by atoms with Crippen molar-refractivity contribution in [2.45, 2.75) is 44.1 Å². The van der Waals surface area contributed by atoms with Crippen LogP contribution in [0.1, 0.15) is 11.4 Å². The van der Waals surface area contributed by atoms with Crippen molar-refractivity contribution < 1.29 is 25.5 Å². The van der Waals surface area contributed by atoms with Crippen LogP contribution in [0.25, 0.3) is 0 Å². The normalized spacial score (nSPS) is 31.0. The minimum atomic E-state index is -1.06. The van der Waals surface area contributed by atoms with E-state index < -0.39 is 24.3 Å². The summed E-state index contributed by atoms with van der Waals surface area (Å²) in [5, 5.41) is 57.2. The molecule has 0 spiro atoms. The van der Waals surface area contributed by atoms with Crippen LogP contribution < -0.4 is 5.32 Å². The topological polar surface area (TPSA) is 144 Å². The van der Waals surface area contributed by atoms with Gasteiger partial charge in [-0.15, -0.1) is 5.10 Å². The van der Waals surface area contributed by atoms with Crippen molar-refractivity contribution in [3.05, 3.63) is 11.4 Å². The second-order valence-corrected chi connectivity index (χ2v) is 4.52. The molecule has 0 bridgehead atoms. The van der Waals surface area contributed by atoms with Gasteiger partial charge in [0.05, 0.1) is 56.4 Å². The molecule has 0 amide bonds. The lowest BCUT2D eigenvalue weighted by Crippen LogP contribution is -2.38. The van der Waals surface area contributed by atoms with Crippen LogP contribution in [0.5, 0.6) is 0 Å². The zero-order valence-electron chi connectivity index (χ0n) is 10.2. The second-order valence-electron chi connectivity index (χ2n) is 4.52. The number of aliphatic hydroxyl groups is 5. The van der Waals surface area contributed by atoms with E-state index >= 15 is 0 Å². The van der Waals surface area contributed by atoms with Gasteiger partial charge >= 0.3 is 0 Å². The van der Waals surface area contributed by atoms with Crippen LogP contribution in [0.15, 0.2) is 0 Å². The van der Waals surface area contributed by atoms with Gasteiger partial charge in [0.2, 0.25) is 0 Å². The van der Waals surface area contributed by atoms with Gasteiger partial charge in [-0.25, -0.2) is 4.68 Å². The summed E-state index contributed by atoms with van der Waals surface area (Å²) in [6, 6.07) is -1.12. The first-order valence-corrected chi connectivity index (χ1v) is 5.98. The Bertz CT molecular complexity index is 426. The summed E-state index contributed by atoms with van der Waals surface area (Å²) in [6.07, 6.45) is -2.11. The molecule has 19 heavy (non-hydrogen) atoms. The maximum Gasteiger partial charge on any atom is 0.114 e. The van der Waals surface area contributed by atoms with Crippen LogP contribution in [-0.4, -0.2) is 71.4 Å². The van der Waals surface area contributed by atoms with Gasteiger partial charge in [0.15, 0.2) is 0 Å². The van der Waals surface area contributed by atoms with Crippen molar-refractivity contribution in [3.8, 4) is 0 Å². The standard InChI is InChI=1S/C10H18N4O5/c15-2-6-8(4-17)14(13-12-6)1-5-9(18)10(19)7(3-16)11-5/h5,7,9-11,15-19H,1-4H2/t5-,7-,9-,10-/m1/s1. The minimum absolute atomic E-state index is 0.164. The maximum atomic E-state index is 9.85. The Hall–Kier alpha value is -1.10. The zero-order chi connectivity index (χ0) is 14.0. The van der Waals surface area contributed by atoms with Gasteiger partial charge in [0.25, 0.3) is 0 Å². The predicted octanol–water partition coefficient (Wildman–Crippen LogP) is -3.68. The molecule has 1 aliphatic rings. The third kappa shape index (κ3) is 2.61. The summed E-state index contributed by atoms with van der Waals surface area (Å²) in [4.78, 5) is 0. The van der Waals surface area contributed by atoms with Crippen LogP contribution in [-0.2, 0) is 19.8 Å². The van der Waals surface area contributed by atoms with E-state index in [0.29, 0.717) is 5.69 Å². The highest BCUT2D eigenvalue weighted by Gasteiger charge is 2.41. The summed E-state index contributed by atoms with van der Waals surface area (Å²) < 4.78 is 1.36. The van der Waals surface area contributed by atoms with Crippen LogP contribution in [0.4, 0.5) is 0 Å². The Morgan fingerprint density at radius 1 is 1.05 bits per heavy atom. The van der Waals surface area contributed by atoms with E-state index in [2.05, 4.69) is 15.6 Å². The van der Waals surface area contributed by atoms with E-state index in [1.807, 2.05) is 0 Å². The molecule has 1 aromatic rings. The molecule has 1 aliphatic heterocycles. The fourth-order valence-electron chi connectivity index (χ4n) is 2.27. The molecule has 2 heterocycles. The molecule has 9 heteroatoms. The lowest BCUT2D eigenvalue weighted by molar-refractivity contribution is 0.0173. The van der Waals surface area contributed by atoms with E-state index in [9.17, 15) is 15.3 Å². The van der Waals surface area contributed by atoms with Crippen molar-refractivity contribution >= 4 is 0 Å². The third-order valence-electron chi connectivity index (χ3n) is 3.39. The quantitative estimate of drug-likeness (QED) is 0.322. The molecular formula is C10H18N4O5. The van der Waals surface area contributed by atoms with Gasteiger partial charge in [-0.1, -0.05) is 5.21 Å². The zero-order valence-corrected chi connectivity index (χ0v) is 10.2. The second kappa shape index (κ2) is 5.90. The predicted molar refractivity (Wildman–Crippen MR) is 61.7 cm³/mol. The monoisotopic (exact) mass is 274 g/mol. The van der Waals surface area contributed by atoms with E-state index in [1.54, 1.807) is 0 Å². The molecule has 0 unspecified atom stereocenters. The molecule has 0 radical (unpaired) electrons. The van der Waals surface area contributed by atoms with Crippen LogP contribution in [0.2, 0.25) is 0 Å². The molecule has 0 saturated carbocycles. The molecule has 2 rings (SSSR count). The average Bonchev–Trinajstić information content (AvgIpc) is 2.94.